The van der Waals surface area contributed by atoms with Crippen LogP contribution < -0.4 is 14.8 Å². The number of hydrogen-bond acceptors (Lipinski definition) is 3. The number of fused-ring (bicyclic) bond motifs is 3. The lowest BCUT2D eigenvalue weighted by atomic mass is 9.99. The van der Waals surface area contributed by atoms with E-state index in [2.05, 4.69) is 21.2 Å². The molecule has 1 aromatic rings. The lowest BCUT2D eigenvalue weighted by molar-refractivity contribution is 0.169. The van der Waals surface area contributed by atoms with Gasteiger partial charge in [0.1, 0.15) is 13.2 Å². The third-order valence-corrected chi connectivity index (χ3v) is 3.56. The van der Waals surface area contributed by atoms with Gasteiger partial charge in [-0.15, -0.1) is 0 Å². The van der Waals surface area contributed by atoms with Gasteiger partial charge in [-0.1, -0.05) is 15.9 Å². The highest BCUT2D eigenvalue weighted by Gasteiger charge is 2.23. The van der Waals surface area contributed by atoms with E-state index in [9.17, 15) is 0 Å². The van der Waals surface area contributed by atoms with Crippen LogP contribution in [0.2, 0.25) is 0 Å². The van der Waals surface area contributed by atoms with Crippen molar-refractivity contribution in [3.05, 3.63) is 21.7 Å². The maximum absolute atomic E-state index is 5.70. The molecule has 80 valence electrons. The van der Waals surface area contributed by atoms with Gasteiger partial charge in [0.05, 0.1) is 0 Å². The Bertz CT molecular complexity index is 406. The standard InChI is InChI=1S/C11H12BrNO2/c12-9-5-10-11(15-4-3-14-10)7-1-2-13-6-8(7)9/h5,13H,1-4,6H2. The highest BCUT2D eigenvalue weighted by atomic mass is 79.9. The van der Waals surface area contributed by atoms with Crippen molar-refractivity contribution in [2.24, 2.45) is 0 Å². The van der Waals surface area contributed by atoms with E-state index in [4.69, 9.17) is 9.47 Å². The van der Waals surface area contributed by atoms with E-state index in [1.54, 1.807) is 0 Å². The van der Waals surface area contributed by atoms with Crippen molar-refractivity contribution in [2.75, 3.05) is 19.8 Å². The Hall–Kier alpha value is -0.740. The normalized spacial score (nSPS) is 18.5. The lowest BCUT2D eigenvalue weighted by Crippen LogP contribution is -2.26. The van der Waals surface area contributed by atoms with Gasteiger partial charge in [0.25, 0.3) is 0 Å². The van der Waals surface area contributed by atoms with Gasteiger partial charge in [0.15, 0.2) is 11.5 Å². The summed E-state index contributed by atoms with van der Waals surface area (Å²) in [5, 5.41) is 3.36. The van der Waals surface area contributed by atoms with Gasteiger partial charge in [0.2, 0.25) is 0 Å². The van der Waals surface area contributed by atoms with E-state index in [0.717, 1.165) is 35.5 Å². The van der Waals surface area contributed by atoms with Crippen LogP contribution in [0.25, 0.3) is 0 Å². The van der Waals surface area contributed by atoms with E-state index >= 15 is 0 Å². The zero-order valence-corrected chi connectivity index (χ0v) is 9.89. The van der Waals surface area contributed by atoms with Crippen LogP contribution in [0, 0.1) is 0 Å². The second kappa shape index (κ2) is 3.68. The van der Waals surface area contributed by atoms with Crippen molar-refractivity contribution >= 4 is 15.9 Å². The summed E-state index contributed by atoms with van der Waals surface area (Å²) in [5.74, 6) is 1.84. The second-order valence-corrected chi connectivity index (χ2v) is 4.62. The van der Waals surface area contributed by atoms with Crippen LogP contribution in [0.5, 0.6) is 11.5 Å². The Balaban J connectivity index is 2.18. The molecule has 0 aromatic heterocycles. The van der Waals surface area contributed by atoms with Crippen LogP contribution in [-0.2, 0) is 13.0 Å². The van der Waals surface area contributed by atoms with Gasteiger partial charge in [0, 0.05) is 16.6 Å². The fourth-order valence-electron chi connectivity index (χ4n) is 2.14. The van der Waals surface area contributed by atoms with Gasteiger partial charge in [-0.25, -0.2) is 0 Å². The topological polar surface area (TPSA) is 30.5 Å². The Morgan fingerprint density at radius 2 is 2.07 bits per heavy atom. The molecule has 0 saturated heterocycles. The number of ether oxygens (including phenoxy) is 2. The minimum Gasteiger partial charge on any atom is -0.486 e. The molecule has 2 heterocycles. The Labute approximate surface area is 96.9 Å². The van der Waals surface area contributed by atoms with Crippen LogP contribution in [-0.4, -0.2) is 19.8 Å². The van der Waals surface area contributed by atoms with E-state index in [1.807, 2.05) is 6.07 Å². The summed E-state index contributed by atoms with van der Waals surface area (Å²) in [7, 11) is 0. The zero-order valence-electron chi connectivity index (χ0n) is 8.31. The molecule has 0 amide bonds. The Morgan fingerprint density at radius 1 is 1.20 bits per heavy atom. The van der Waals surface area contributed by atoms with E-state index in [1.165, 1.54) is 11.1 Å². The molecule has 0 radical (unpaired) electrons. The van der Waals surface area contributed by atoms with E-state index < -0.39 is 0 Å². The molecule has 0 saturated carbocycles. The number of benzene rings is 1. The molecule has 2 aliphatic heterocycles. The Kier molecular flexibility index (Phi) is 2.33. The van der Waals surface area contributed by atoms with Gasteiger partial charge in [-0.05, 0) is 24.6 Å². The van der Waals surface area contributed by atoms with Crippen molar-refractivity contribution < 1.29 is 9.47 Å². The van der Waals surface area contributed by atoms with E-state index in [0.29, 0.717) is 13.2 Å². The quantitative estimate of drug-likeness (QED) is 0.780. The monoisotopic (exact) mass is 269 g/mol. The van der Waals surface area contributed by atoms with Gasteiger partial charge < -0.3 is 14.8 Å². The summed E-state index contributed by atoms with van der Waals surface area (Å²) >= 11 is 3.59. The van der Waals surface area contributed by atoms with E-state index in [-0.39, 0.29) is 0 Å². The molecule has 0 unspecified atom stereocenters. The first-order chi connectivity index (χ1) is 7.36. The first kappa shape index (κ1) is 9.48. The van der Waals surface area contributed by atoms with Gasteiger partial charge in [-0.2, -0.15) is 0 Å². The van der Waals surface area contributed by atoms with Crippen LogP contribution >= 0.6 is 15.9 Å². The fourth-order valence-corrected chi connectivity index (χ4v) is 2.73. The van der Waals surface area contributed by atoms with Crippen molar-refractivity contribution in [2.45, 2.75) is 13.0 Å². The number of rotatable bonds is 0. The summed E-state index contributed by atoms with van der Waals surface area (Å²) in [6.07, 6.45) is 1.01. The number of hydrogen-bond donors (Lipinski definition) is 1. The van der Waals surface area contributed by atoms with Crippen molar-refractivity contribution in [1.29, 1.82) is 0 Å². The summed E-state index contributed by atoms with van der Waals surface area (Å²) in [5.41, 5.74) is 2.61. The average molecular weight is 270 g/mol. The van der Waals surface area contributed by atoms with Crippen molar-refractivity contribution in [1.82, 2.24) is 5.32 Å². The average Bonchev–Trinajstić information content (AvgIpc) is 2.30. The molecule has 0 spiro atoms. The lowest BCUT2D eigenvalue weighted by Gasteiger charge is -2.26. The Morgan fingerprint density at radius 3 is 3.00 bits per heavy atom. The molecule has 0 aliphatic carbocycles. The summed E-state index contributed by atoms with van der Waals surface area (Å²) in [6.45, 7) is 3.23. The van der Waals surface area contributed by atoms with Gasteiger partial charge in [-0.3, -0.25) is 0 Å². The van der Waals surface area contributed by atoms with Crippen molar-refractivity contribution in [3.63, 3.8) is 0 Å². The molecule has 2 aliphatic rings. The van der Waals surface area contributed by atoms with Crippen LogP contribution in [0.3, 0.4) is 0 Å². The summed E-state index contributed by atoms with van der Waals surface area (Å²) in [4.78, 5) is 0. The molecular formula is C11H12BrNO2. The number of nitrogens with one attached hydrogen (secondary N) is 1. The molecule has 1 N–H and O–H groups in total. The first-order valence-electron chi connectivity index (χ1n) is 5.17. The van der Waals surface area contributed by atoms with Crippen LogP contribution in [0.15, 0.2) is 10.5 Å². The van der Waals surface area contributed by atoms with Gasteiger partial charge >= 0.3 is 0 Å². The molecule has 0 bridgehead atoms. The van der Waals surface area contributed by atoms with Crippen molar-refractivity contribution in [3.8, 4) is 11.5 Å². The minimum atomic E-state index is 0.649. The van der Waals surface area contributed by atoms with Crippen LogP contribution in [0.1, 0.15) is 11.1 Å². The largest absolute Gasteiger partial charge is 0.486 e. The predicted molar refractivity (Wildman–Crippen MR) is 60.5 cm³/mol. The van der Waals surface area contributed by atoms with Crippen LogP contribution in [0.4, 0.5) is 0 Å². The smallest absolute Gasteiger partial charge is 0.164 e. The highest BCUT2D eigenvalue weighted by molar-refractivity contribution is 9.10. The summed E-state index contributed by atoms with van der Waals surface area (Å²) in [6, 6.07) is 2.01. The fraction of sp³-hybridized carbons (Fsp3) is 0.455. The molecule has 3 rings (SSSR count). The summed E-state index contributed by atoms with van der Waals surface area (Å²) < 4.78 is 12.4. The molecule has 15 heavy (non-hydrogen) atoms. The molecule has 3 nitrogen and oxygen atoms in total. The SMILES string of the molecule is Brc1cc2c(c3c1CNCC3)OCCO2. The molecule has 4 heteroatoms. The molecule has 0 fully saturated rings. The maximum atomic E-state index is 5.70. The third kappa shape index (κ3) is 1.52. The zero-order chi connectivity index (χ0) is 10.3. The first-order valence-corrected chi connectivity index (χ1v) is 5.96. The third-order valence-electron chi connectivity index (χ3n) is 2.85. The highest BCUT2D eigenvalue weighted by Crippen LogP contribution is 2.41. The maximum Gasteiger partial charge on any atom is 0.164 e. The second-order valence-electron chi connectivity index (χ2n) is 3.77. The number of halogens is 1. The molecular weight excluding hydrogens is 258 g/mol. The minimum absolute atomic E-state index is 0.649. The molecule has 0 atom stereocenters. The molecule has 1 aromatic carbocycles. The predicted octanol–water partition coefficient (Wildman–Crippen LogP) is 1.87.